The number of nitrogens with zero attached hydrogens (tertiary/aromatic N) is 1. The maximum Gasteiger partial charge on any atom is 0.240 e. The van der Waals surface area contributed by atoms with Gasteiger partial charge in [0, 0.05) is 18.6 Å². The average molecular weight is 311 g/mol. The third kappa shape index (κ3) is 3.63. The highest BCUT2D eigenvalue weighted by molar-refractivity contribution is 7.89. The Hall–Kier alpha value is -0.950. The van der Waals surface area contributed by atoms with Crippen LogP contribution >= 0.6 is 0 Å². The van der Waals surface area contributed by atoms with Gasteiger partial charge in [-0.2, -0.15) is 0 Å². The summed E-state index contributed by atoms with van der Waals surface area (Å²) in [4.78, 5) is 2.44. The van der Waals surface area contributed by atoms with Gasteiger partial charge >= 0.3 is 0 Å². The maximum absolute atomic E-state index is 12.5. The van der Waals surface area contributed by atoms with Crippen LogP contribution in [0.1, 0.15) is 31.2 Å². The van der Waals surface area contributed by atoms with Crippen LogP contribution in [0, 0.1) is 0 Å². The molecular formula is C15H25N3O2S. The Morgan fingerprint density at radius 2 is 1.95 bits per heavy atom. The number of likely N-dealkylation sites (N-methyl/N-ethyl adjacent to an activating group) is 1. The standard InChI is InChI=1S/C15H25N3O2S/c1-18(2)15(8-3-4-9-15)12-17-21(19,20)14-7-5-6-13(10-14)11-16/h5-7,10,17H,3-4,8-9,11-12,16H2,1-2H3. The minimum absolute atomic E-state index is 0.0570. The van der Waals surface area contributed by atoms with Crippen LogP contribution in [0.3, 0.4) is 0 Å². The summed E-state index contributed by atoms with van der Waals surface area (Å²) in [6, 6.07) is 6.81. The SMILES string of the molecule is CN(C)C1(CNS(=O)(=O)c2cccc(CN)c2)CCCC1. The van der Waals surface area contributed by atoms with E-state index in [1.165, 1.54) is 0 Å². The third-order valence-corrected chi connectivity index (χ3v) is 5.92. The second-order valence-corrected chi connectivity index (χ2v) is 7.77. The van der Waals surface area contributed by atoms with Crippen molar-refractivity contribution >= 4 is 10.0 Å². The second-order valence-electron chi connectivity index (χ2n) is 6.00. The minimum Gasteiger partial charge on any atom is -0.326 e. The first-order valence-electron chi connectivity index (χ1n) is 7.36. The normalized spacial score (nSPS) is 18.3. The Bertz CT molecular complexity index is 578. The van der Waals surface area contributed by atoms with Crippen molar-refractivity contribution in [2.45, 2.75) is 42.7 Å². The highest BCUT2D eigenvalue weighted by Crippen LogP contribution is 2.33. The van der Waals surface area contributed by atoms with Gasteiger partial charge in [0.25, 0.3) is 0 Å². The van der Waals surface area contributed by atoms with Crippen molar-refractivity contribution in [1.82, 2.24) is 9.62 Å². The molecule has 1 aromatic carbocycles. The minimum atomic E-state index is -3.48. The topological polar surface area (TPSA) is 75.4 Å². The highest BCUT2D eigenvalue weighted by Gasteiger charge is 2.36. The van der Waals surface area contributed by atoms with E-state index in [1.807, 2.05) is 20.2 Å². The van der Waals surface area contributed by atoms with E-state index in [2.05, 4.69) is 9.62 Å². The Labute approximate surface area is 127 Å². The summed E-state index contributed by atoms with van der Waals surface area (Å²) in [5.41, 5.74) is 6.34. The fourth-order valence-corrected chi connectivity index (χ4v) is 4.16. The summed E-state index contributed by atoms with van der Waals surface area (Å²) in [5.74, 6) is 0. The molecule has 0 aromatic heterocycles. The van der Waals surface area contributed by atoms with Crippen LogP contribution in [0.25, 0.3) is 0 Å². The molecule has 0 unspecified atom stereocenters. The monoisotopic (exact) mass is 311 g/mol. The molecular weight excluding hydrogens is 286 g/mol. The zero-order valence-electron chi connectivity index (χ0n) is 12.8. The van der Waals surface area contributed by atoms with Gasteiger partial charge in [-0.15, -0.1) is 0 Å². The predicted molar refractivity (Wildman–Crippen MR) is 84.4 cm³/mol. The van der Waals surface area contributed by atoms with Crippen LogP contribution in [0.4, 0.5) is 0 Å². The molecule has 0 aliphatic heterocycles. The highest BCUT2D eigenvalue weighted by atomic mass is 32.2. The van der Waals surface area contributed by atoms with Crippen molar-refractivity contribution in [1.29, 1.82) is 0 Å². The number of hydrogen-bond acceptors (Lipinski definition) is 4. The predicted octanol–water partition coefficient (Wildman–Crippen LogP) is 1.30. The van der Waals surface area contributed by atoms with Crippen LogP contribution in [0.15, 0.2) is 29.2 Å². The molecule has 0 heterocycles. The van der Waals surface area contributed by atoms with Crippen molar-refractivity contribution in [3.63, 3.8) is 0 Å². The molecule has 118 valence electrons. The van der Waals surface area contributed by atoms with Crippen LogP contribution in [-0.4, -0.2) is 39.5 Å². The lowest BCUT2D eigenvalue weighted by Crippen LogP contribution is -2.50. The van der Waals surface area contributed by atoms with E-state index >= 15 is 0 Å². The van der Waals surface area contributed by atoms with Crippen LogP contribution in [0.5, 0.6) is 0 Å². The molecule has 21 heavy (non-hydrogen) atoms. The molecule has 0 saturated heterocycles. The molecule has 1 aliphatic carbocycles. The number of nitrogens with one attached hydrogen (secondary N) is 1. The molecule has 1 aliphatic rings. The van der Waals surface area contributed by atoms with Crippen LogP contribution < -0.4 is 10.5 Å². The van der Waals surface area contributed by atoms with Gasteiger partial charge in [0.2, 0.25) is 10.0 Å². The third-order valence-electron chi connectivity index (χ3n) is 4.52. The summed E-state index contributed by atoms with van der Waals surface area (Å²) in [6.45, 7) is 0.792. The molecule has 2 rings (SSSR count). The number of rotatable bonds is 6. The van der Waals surface area contributed by atoms with Gasteiger partial charge in [0.05, 0.1) is 4.90 Å². The molecule has 0 radical (unpaired) electrons. The molecule has 1 aromatic rings. The Morgan fingerprint density at radius 1 is 1.29 bits per heavy atom. The summed E-state index contributed by atoms with van der Waals surface area (Å²) in [5, 5.41) is 0. The van der Waals surface area contributed by atoms with Crippen molar-refractivity contribution < 1.29 is 8.42 Å². The van der Waals surface area contributed by atoms with E-state index in [-0.39, 0.29) is 10.4 Å². The van der Waals surface area contributed by atoms with E-state index < -0.39 is 10.0 Å². The zero-order chi connectivity index (χ0) is 15.5. The van der Waals surface area contributed by atoms with Gasteiger partial charge in [-0.1, -0.05) is 25.0 Å². The lowest BCUT2D eigenvalue weighted by molar-refractivity contribution is 0.162. The van der Waals surface area contributed by atoms with E-state index in [0.29, 0.717) is 13.1 Å². The molecule has 3 N–H and O–H groups in total. The molecule has 1 saturated carbocycles. The van der Waals surface area contributed by atoms with Gasteiger partial charge in [-0.05, 0) is 44.6 Å². The van der Waals surface area contributed by atoms with Crippen molar-refractivity contribution in [3.05, 3.63) is 29.8 Å². The van der Waals surface area contributed by atoms with E-state index in [0.717, 1.165) is 31.2 Å². The largest absolute Gasteiger partial charge is 0.326 e. The smallest absolute Gasteiger partial charge is 0.240 e. The quantitative estimate of drug-likeness (QED) is 0.830. The second kappa shape index (κ2) is 6.44. The summed E-state index contributed by atoms with van der Waals surface area (Å²) in [6.07, 6.45) is 4.38. The van der Waals surface area contributed by atoms with E-state index in [9.17, 15) is 8.42 Å². The van der Waals surface area contributed by atoms with Gasteiger partial charge in [-0.25, -0.2) is 13.1 Å². The van der Waals surface area contributed by atoms with Gasteiger partial charge in [0.15, 0.2) is 0 Å². The van der Waals surface area contributed by atoms with Crippen molar-refractivity contribution in [3.8, 4) is 0 Å². The summed E-state index contributed by atoms with van der Waals surface area (Å²) >= 11 is 0. The maximum atomic E-state index is 12.5. The number of nitrogens with two attached hydrogens (primary N) is 1. The zero-order valence-corrected chi connectivity index (χ0v) is 13.6. The number of sulfonamides is 1. The van der Waals surface area contributed by atoms with E-state index in [1.54, 1.807) is 18.2 Å². The van der Waals surface area contributed by atoms with Crippen LogP contribution in [-0.2, 0) is 16.6 Å². The molecule has 1 fully saturated rings. The molecule has 0 bridgehead atoms. The molecule has 0 amide bonds. The van der Waals surface area contributed by atoms with Crippen molar-refractivity contribution in [2.75, 3.05) is 20.6 Å². The fourth-order valence-electron chi connectivity index (χ4n) is 2.97. The first-order chi connectivity index (χ1) is 9.89. The number of benzene rings is 1. The Kier molecular flexibility index (Phi) is 5.03. The first-order valence-corrected chi connectivity index (χ1v) is 8.84. The molecule has 0 spiro atoms. The Balaban J connectivity index is 2.13. The lowest BCUT2D eigenvalue weighted by Gasteiger charge is -2.36. The van der Waals surface area contributed by atoms with Crippen LogP contribution in [0.2, 0.25) is 0 Å². The first kappa shape index (κ1) is 16.4. The summed E-state index contributed by atoms with van der Waals surface area (Å²) in [7, 11) is 0.561. The van der Waals surface area contributed by atoms with Crippen molar-refractivity contribution in [2.24, 2.45) is 5.73 Å². The van der Waals surface area contributed by atoms with Gasteiger partial charge < -0.3 is 10.6 Å². The number of hydrogen-bond donors (Lipinski definition) is 2. The molecule has 6 heteroatoms. The average Bonchev–Trinajstić information content (AvgIpc) is 2.96. The Morgan fingerprint density at radius 3 is 2.52 bits per heavy atom. The van der Waals surface area contributed by atoms with E-state index in [4.69, 9.17) is 5.73 Å². The molecule has 0 atom stereocenters. The molecule has 5 nitrogen and oxygen atoms in total. The fraction of sp³-hybridized carbons (Fsp3) is 0.600. The van der Waals surface area contributed by atoms with Gasteiger partial charge in [0.1, 0.15) is 0 Å². The summed E-state index contributed by atoms with van der Waals surface area (Å²) < 4.78 is 27.7. The lowest BCUT2D eigenvalue weighted by atomic mass is 9.97. The van der Waals surface area contributed by atoms with Gasteiger partial charge in [-0.3, -0.25) is 0 Å².